The highest BCUT2D eigenvalue weighted by Gasteiger charge is 2.31. The summed E-state index contributed by atoms with van der Waals surface area (Å²) in [6.45, 7) is 1.83. The van der Waals surface area contributed by atoms with E-state index in [2.05, 4.69) is 77.2 Å². The molecule has 2 N–H and O–H groups in total. The van der Waals surface area contributed by atoms with Crippen LogP contribution in [0, 0.1) is 0 Å². The summed E-state index contributed by atoms with van der Waals surface area (Å²) < 4.78 is 0. The Morgan fingerprint density at radius 2 is 1.68 bits per heavy atom. The molecule has 0 spiro atoms. The second-order valence-corrected chi connectivity index (χ2v) is 7.00. The maximum absolute atomic E-state index is 5.50. The van der Waals surface area contributed by atoms with E-state index in [9.17, 15) is 0 Å². The van der Waals surface area contributed by atoms with Gasteiger partial charge in [0, 0.05) is 18.8 Å². The van der Waals surface area contributed by atoms with E-state index in [0.717, 1.165) is 13.1 Å². The SMILES string of the molecule is CN1CC2=C(NC(=S)N[C@H]2c2ccccc2)/C(=C\c2ccccc2)C1. The average molecular weight is 347 g/mol. The molecule has 4 rings (SSSR count). The third-order valence-electron chi connectivity index (χ3n) is 4.66. The smallest absolute Gasteiger partial charge is 0.171 e. The zero-order valence-corrected chi connectivity index (χ0v) is 15.0. The lowest BCUT2D eigenvalue weighted by molar-refractivity contribution is 0.364. The molecule has 0 bridgehead atoms. The normalized spacial score (nSPS) is 22.4. The van der Waals surface area contributed by atoms with Crippen molar-refractivity contribution in [2.75, 3.05) is 20.1 Å². The predicted molar refractivity (Wildman–Crippen MR) is 107 cm³/mol. The highest BCUT2D eigenvalue weighted by molar-refractivity contribution is 7.80. The number of nitrogens with one attached hydrogen (secondary N) is 2. The third kappa shape index (κ3) is 3.36. The van der Waals surface area contributed by atoms with Crippen LogP contribution in [0.3, 0.4) is 0 Å². The Morgan fingerprint density at radius 1 is 1.00 bits per heavy atom. The predicted octanol–water partition coefficient (Wildman–Crippen LogP) is 3.49. The molecule has 2 aliphatic rings. The molecule has 4 heteroatoms. The first kappa shape index (κ1) is 16.1. The molecule has 0 saturated heterocycles. The van der Waals surface area contributed by atoms with Crippen molar-refractivity contribution in [3.8, 4) is 0 Å². The number of hydrogen-bond acceptors (Lipinski definition) is 2. The minimum absolute atomic E-state index is 0.117. The van der Waals surface area contributed by atoms with Gasteiger partial charge in [0.05, 0.1) is 6.04 Å². The number of rotatable bonds is 2. The molecule has 25 heavy (non-hydrogen) atoms. The summed E-state index contributed by atoms with van der Waals surface area (Å²) in [5.41, 5.74) is 6.25. The first-order valence-corrected chi connectivity index (χ1v) is 8.91. The summed E-state index contributed by atoms with van der Waals surface area (Å²) in [6.07, 6.45) is 2.26. The van der Waals surface area contributed by atoms with Gasteiger partial charge in [-0.3, -0.25) is 4.90 Å². The van der Waals surface area contributed by atoms with E-state index in [0.29, 0.717) is 5.11 Å². The van der Waals surface area contributed by atoms with Crippen molar-refractivity contribution in [2.45, 2.75) is 6.04 Å². The molecular weight excluding hydrogens is 326 g/mol. The largest absolute Gasteiger partial charge is 0.352 e. The van der Waals surface area contributed by atoms with Gasteiger partial charge in [-0.15, -0.1) is 0 Å². The molecular formula is C21H21N3S. The number of nitrogens with zero attached hydrogens (tertiary/aromatic N) is 1. The first-order chi connectivity index (χ1) is 12.2. The van der Waals surface area contributed by atoms with Crippen LogP contribution in [0.5, 0.6) is 0 Å². The van der Waals surface area contributed by atoms with Crippen molar-refractivity contribution in [1.29, 1.82) is 0 Å². The Bertz CT molecular complexity index is 840. The van der Waals surface area contributed by atoms with Crippen LogP contribution in [0.2, 0.25) is 0 Å². The van der Waals surface area contributed by atoms with Crippen molar-refractivity contribution in [3.05, 3.63) is 88.6 Å². The van der Waals surface area contributed by atoms with Gasteiger partial charge >= 0.3 is 0 Å². The highest BCUT2D eigenvalue weighted by Crippen LogP contribution is 2.33. The van der Waals surface area contributed by atoms with Gasteiger partial charge in [-0.2, -0.15) is 0 Å². The zero-order chi connectivity index (χ0) is 17.2. The molecule has 0 unspecified atom stereocenters. The van der Waals surface area contributed by atoms with Gasteiger partial charge in [0.2, 0.25) is 0 Å². The monoisotopic (exact) mass is 347 g/mol. The second-order valence-electron chi connectivity index (χ2n) is 6.59. The number of likely N-dealkylation sites (N-methyl/N-ethyl adjacent to an activating group) is 1. The van der Waals surface area contributed by atoms with E-state index in [1.165, 1.54) is 28.0 Å². The van der Waals surface area contributed by atoms with Gasteiger partial charge < -0.3 is 10.6 Å². The van der Waals surface area contributed by atoms with Crippen LogP contribution < -0.4 is 10.6 Å². The topological polar surface area (TPSA) is 27.3 Å². The second kappa shape index (κ2) is 6.82. The molecule has 2 aromatic rings. The minimum Gasteiger partial charge on any atom is -0.352 e. The van der Waals surface area contributed by atoms with Crippen LogP contribution in [-0.2, 0) is 0 Å². The molecule has 0 fully saturated rings. The van der Waals surface area contributed by atoms with Crippen LogP contribution in [0.4, 0.5) is 0 Å². The molecule has 2 heterocycles. The van der Waals surface area contributed by atoms with E-state index in [1.54, 1.807) is 0 Å². The Hall–Kier alpha value is -2.43. The van der Waals surface area contributed by atoms with E-state index >= 15 is 0 Å². The van der Waals surface area contributed by atoms with E-state index < -0.39 is 0 Å². The maximum atomic E-state index is 5.50. The maximum Gasteiger partial charge on any atom is 0.171 e. The van der Waals surface area contributed by atoms with Crippen molar-refractivity contribution < 1.29 is 0 Å². The fourth-order valence-corrected chi connectivity index (χ4v) is 3.78. The van der Waals surface area contributed by atoms with E-state index in [1.807, 2.05) is 12.1 Å². The van der Waals surface area contributed by atoms with E-state index in [4.69, 9.17) is 12.2 Å². The Balaban J connectivity index is 1.80. The fourth-order valence-electron chi connectivity index (χ4n) is 3.56. The van der Waals surface area contributed by atoms with Crippen molar-refractivity contribution in [2.24, 2.45) is 0 Å². The van der Waals surface area contributed by atoms with Gasteiger partial charge in [-0.1, -0.05) is 60.7 Å². The van der Waals surface area contributed by atoms with Gasteiger partial charge in [-0.05, 0) is 47.6 Å². The number of benzene rings is 2. The standard InChI is InChI=1S/C21H21N3S/c1-24-13-17(12-15-8-4-2-5-9-15)20-18(14-24)19(22-21(25)23-20)16-10-6-3-7-11-16/h2-12,19H,13-14H2,1H3,(H2,22,23,25)/b17-12-/t19-/m0/s1. The third-order valence-corrected chi connectivity index (χ3v) is 4.88. The van der Waals surface area contributed by atoms with Crippen LogP contribution in [-0.4, -0.2) is 30.1 Å². The first-order valence-electron chi connectivity index (χ1n) is 8.51. The van der Waals surface area contributed by atoms with Gasteiger partial charge in [-0.25, -0.2) is 0 Å². The molecule has 0 aromatic heterocycles. The van der Waals surface area contributed by atoms with Crippen LogP contribution in [0.25, 0.3) is 6.08 Å². The lowest BCUT2D eigenvalue weighted by Crippen LogP contribution is -2.49. The summed E-state index contributed by atoms with van der Waals surface area (Å²) in [5, 5.41) is 7.55. The molecule has 2 aromatic carbocycles. The minimum atomic E-state index is 0.117. The average Bonchev–Trinajstić information content (AvgIpc) is 2.63. The number of hydrogen-bond donors (Lipinski definition) is 2. The number of thiocarbonyl (C=S) groups is 1. The molecule has 0 aliphatic carbocycles. The molecule has 0 saturated carbocycles. The quantitative estimate of drug-likeness (QED) is 0.813. The lowest BCUT2D eigenvalue weighted by atomic mass is 9.89. The van der Waals surface area contributed by atoms with Gasteiger partial charge in [0.15, 0.2) is 5.11 Å². The molecule has 2 aliphatic heterocycles. The molecule has 1 atom stereocenters. The van der Waals surface area contributed by atoms with Crippen LogP contribution >= 0.6 is 12.2 Å². The molecule has 0 radical (unpaired) electrons. The summed E-state index contributed by atoms with van der Waals surface area (Å²) in [7, 11) is 2.16. The zero-order valence-electron chi connectivity index (χ0n) is 14.2. The summed E-state index contributed by atoms with van der Waals surface area (Å²) >= 11 is 5.50. The van der Waals surface area contributed by atoms with Crippen molar-refractivity contribution in [1.82, 2.24) is 15.5 Å². The summed E-state index contributed by atoms with van der Waals surface area (Å²) in [6, 6.07) is 21.1. The van der Waals surface area contributed by atoms with Gasteiger partial charge in [0.1, 0.15) is 0 Å². The lowest BCUT2D eigenvalue weighted by Gasteiger charge is -2.39. The Morgan fingerprint density at radius 3 is 2.40 bits per heavy atom. The molecule has 3 nitrogen and oxygen atoms in total. The molecule has 126 valence electrons. The summed E-state index contributed by atoms with van der Waals surface area (Å²) in [5.74, 6) is 0. The molecule has 0 amide bonds. The van der Waals surface area contributed by atoms with E-state index in [-0.39, 0.29) is 6.04 Å². The van der Waals surface area contributed by atoms with Crippen LogP contribution in [0.1, 0.15) is 17.2 Å². The highest BCUT2D eigenvalue weighted by atomic mass is 32.1. The van der Waals surface area contributed by atoms with Crippen molar-refractivity contribution in [3.63, 3.8) is 0 Å². The fraction of sp³-hybridized carbons (Fsp3) is 0.190. The Kier molecular flexibility index (Phi) is 4.38. The summed E-state index contributed by atoms with van der Waals surface area (Å²) in [4.78, 5) is 2.35. The van der Waals surface area contributed by atoms with Crippen molar-refractivity contribution >= 4 is 23.4 Å². The Labute approximate surface area is 154 Å². The van der Waals surface area contributed by atoms with Crippen LogP contribution in [0.15, 0.2) is 77.5 Å². The van der Waals surface area contributed by atoms with Gasteiger partial charge in [0.25, 0.3) is 0 Å².